The number of ether oxygens (including phenoxy) is 2. The molecule has 2 aliphatic rings. The predicted molar refractivity (Wildman–Crippen MR) is 173 cm³/mol. The summed E-state index contributed by atoms with van der Waals surface area (Å²) >= 11 is 0. The molecule has 220 valence electrons. The number of hydrogen-bond acceptors (Lipinski definition) is 6. The highest BCUT2D eigenvalue weighted by Gasteiger charge is 2.49. The fourth-order valence-electron chi connectivity index (χ4n) is 7.04. The van der Waals surface area contributed by atoms with E-state index < -0.39 is 11.5 Å². The smallest absolute Gasteiger partial charge is 0.217 e. The van der Waals surface area contributed by atoms with Crippen molar-refractivity contribution in [3.05, 3.63) is 114 Å². The van der Waals surface area contributed by atoms with Crippen LogP contribution in [0.4, 0.5) is 5.69 Å². The highest BCUT2D eigenvalue weighted by atomic mass is 16.5. The van der Waals surface area contributed by atoms with Crippen LogP contribution >= 0.6 is 0 Å². The second kappa shape index (κ2) is 10.9. The normalized spacial score (nSPS) is 17.9. The number of rotatable bonds is 9. The van der Waals surface area contributed by atoms with Gasteiger partial charge in [-0.05, 0) is 66.7 Å². The molecule has 0 radical (unpaired) electrons. The van der Waals surface area contributed by atoms with E-state index in [1.165, 1.54) is 5.69 Å². The van der Waals surface area contributed by atoms with Crippen molar-refractivity contribution in [2.24, 2.45) is 5.41 Å². The van der Waals surface area contributed by atoms with Crippen molar-refractivity contribution in [1.82, 2.24) is 9.88 Å². The van der Waals surface area contributed by atoms with Crippen molar-refractivity contribution in [3.63, 3.8) is 0 Å². The summed E-state index contributed by atoms with van der Waals surface area (Å²) in [6.45, 7) is 4.47. The third-order valence-corrected chi connectivity index (χ3v) is 9.34. The van der Waals surface area contributed by atoms with Gasteiger partial charge in [-0.1, -0.05) is 72.8 Å². The molecule has 43 heavy (non-hydrogen) atoms. The van der Waals surface area contributed by atoms with Crippen molar-refractivity contribution in [2.75, 3.05) is 59.0 Å². The van der Waals surface area contributed by atoms with Crippen LogP contribution in [-0.2, 0) is 10.3 Å². The quantitative estimate of drug-likeness (QED) is 0.227. The van der Waals surface area contributed by atoms with Gasteiger partial charge >= 0.3 is 0 Å². The van der Waals surface area contributed by atoms with Gasteiger partial charge in [0.1, 0.15) is 5.60 Å². The summed E-state index contributed by atoms with van der Waals surface area (Å²) in [6.07, 6.45) is 0.521. The Labute approximate surface area is 253 Å². The molecule has 0 amide bonds. The van der Waals surface area contributed by atoms with Crippen LogP contribution in [0.15, 0.2) is 97.1 Å². The molecular formula is C37H39N3O3. The average Bonchev–Trinajstić information content (AvgIpc) is 2.98. The first-order chi connectivity index (χ1) is 20.9. The van der Waals surface area contributed by atoms with Gasteiger partial charge in [0, 0.05) is 42.2 Å². The molecule has 0 saturated carbocycles. The lowest BCUT2D eigenvalue weighted by Crippen LogP contribution is -2.66. The minimum Gasteiger partial charge on any atom is -0.481 e. The molecule has 6 nitrogen and oxygen atoms in total. The van der Waals surface area contributed by atoms with Gasteiger partial charge in [0.2, 0.25) is 5.88 Å². The Morgan fingerprint density at radius 1 is 0.930 bits per heavy atom. The van der Waals surface area contributed by atoms with Crippen LogP contribution in [0, 0.1) is 5.41 Å². The largest absolute Gasteiger partial charge is 0.481 e. The molecule has 2 saturated heterocycles. The number of benzene rings is 4. The molecular weight excluding hydrogens is 534 g/mol. The third kappa shape index (κ3) is 4.93. The Kier molecular flexibility index (Phi) is 7.08. The number of methoxy groups -OCH3 is 1. The zero-order valence-electron chi connectivity index (χ0n) is 25.2. The molecule has 4 aromatic carbocycles. The summed E-state index contributed by atoms with van der Waals surface area (Å²) in [4.78, 5) is 9.58. The topological polar surface area (TPSA) is 58.1 Å². The summed E-state index contributed by atoms with van der Waals surface area (Å²) in [5, 5.41) is 16.4. The molecule has 0 aliphatic carbocycles. The van der Waals surface area contributed by atoms with Crippen LogP contribution in [0.2, 0.25) is 0 Å². The van der Waals surface area contributed by atoms with E-state index in [2.05, 4.69) is 90.6 Å². The number of pyridine rings is 1. The number of aromatic nitrogens is 1. The average molecular weight is 574 g/mol. The molecule has 3 heterocycles. The van der Waals surface area contributed by atoms with Crippen LogP contribution in [0.3, 0.4) is 0 Å². The molecule has 1 N–H and O–H groups in total. The monoisotopic (exact) mass is 573 g/mol. The molecule has 1 spiro atoms. The minimum atomic E-state index is -1.26. The lowest BCUT2D eigenvalue weighted by molar-refractivity contribution is -0.127. The fraction of sp³-hybridized carbons (Fsp3) is 0.324. The van der Waals surface area contributed by atoms with E-state index >= 15 is 0 Å². The number of fused-ring (bicyclic) bond motifs is 2. The van der Waals surface area contributed by atoms with Gasteiger partial charge in [0.25, 0.3) is 0 Å². The Balaban J connectivity index is 1.42. The fourth-order valence-corrected chi connectivity index (χ4v) is 7.04. The third-order valence-electron chi connectivity index (χ3n) is 9.34. The number of aliphatic hydroxyl groups is 1. The Hall–Kier alpha value is -3.97. The summed E-state index contributed by atoms with van der Waals surface area (Å²) in [5.74, 6) is 0.0986. The highest BCUT2D eigenvalue weighted by molar-refractivity contribution is 5.87. The standard InChI is InChI=1S/C37H39N3O3/c1-39(2)19-18-37(41,32-15-9-13-26-10-7-8-14-30(26)32)34(27-11-5-4-6-12-27)31-21-28-20-29(16-17-33(28)38-35(31)42-3)40-22-36(23-40)24-43-25-36/h4-17,20-21,34,41H,18-19,22-25H2,1-3H3/t34-,37-/m1/s1. The van der Waals surface area contributed by atoms with Gasteiger partial charge in [-0.3, -0.25) is 0 Å². The predicted octanol–water partition coefficient (Wildman–Crippen LogP) is 6.20. The van der Waals surface area contributed by atoms with E-state index in [4.69, 9.17) is 14.5 Å². The first kappa shape index (κ1) is 27.8. The van der Waals surface area contributed by atoms with Gasteiger partial charge in [-0.25, -0.2) is 4.98 Å². The van der Waals surface area contributed by atoms with Gasteiger partial charge in [-0.2, -0.15) is 0 Å². The summed E-state index contributed by atoms with van der Waals surface area (Å²) in [6, 6.07) is 33.5. The maximum atomic E-state index is 13.2. The molecule has 0 unspecified atom stereocenters. The number of hydrogen-bond donors (Lipinski definition) is 1. The summed E-state index contributed by atoms with van der Waals surface area (Å²) in [5.41, 5.74) is 3.93. The van der Waals surface area contributed by atoms with Crippen LogP contribution in [0.5, 0.6) is 5.88 Å². The Bertz CT molecular complexity index is 1750. The molecule has 2 fully saturated rings. The van der Waals surface area contributed by atoms with Crippen LogP contribution < -0.4 is 9.64 Å². The van der Waals surface area contributed by atoms with E-state index in [0.717, 1.165) is 64.7 Å². The first-order valence-electron chi connectivity index (χ1n) is 15.1. The maximum Gasteiger partial charge on any atom is 0.217 e. The Morgan fingerprint density at radius 3 is 2.40 bits per heavy atom. The van der Waals surface area contributed by atoms with Crippen LogP contribution in [0.25, 0.3) is 21.7 Å². The van der Waals surface area contributed by atoms with E-state index in [9.17, 15) is 5.11 Å². The van der Waals surface area contributed by atoms with Gasteiger partial charge in [0.15, 0.2) is 0 Å². The lowest BCUT2D eigenvalue weighted by atomic mass is 9.70. The lowest BCUT2D eigenvalue weighted by Gasteiger charge is -2.56. The van der Waals surface area contributed by atoms with E-state index in [1.54, 1.807) is 7.11 Å². The van der Waals surface area contributed by atoms with Crippen molar-refractivity contribution >= 4 is 27.4 Å². The van der Waals surface area contributed by atoms with E-state index in [-0.39, 0.29) is 0 Å². The molecule has 2 aliphatic heterocycles. The minimum absolute atomic E-state index is 0.331. The second-order valence-electron chi connectivity index (χ2n) is 12.7. The van der Waals surface area contributed by atoms with Gasteiger partial charge in [-0.15, -0.1) is 0 Å². The van der Waals surface area contributed by atoms with Crippen molar-refractivity contribution in [3.8, 4) is 5.88 Å². The molecule has 1 aromatic heterocycles. The molecule has 6 heteroatoms. The summed E-state index contributed by atoms with van der Waals surface area (Å²) in [7, 11) is 5.78. The van der Waals surface area contributed by atoms with E-state index in [1.807, 2.05) is 30.3 Å². The zero-order valence-corrected chi connectivity index (χ0v) is 25.2. The van der Waals surface area contributed by atoms with Gasteiger partial charge in [0.05, 0.1) is 31.3 Å². The highest BCUT2D eigenvalue weighted by Crippen LogP contribution is 2.49. The van der Waals surface area contributed by atoms with E-state index in [0.29, 0.717) is 24.3 Å². The first-order valence-corrected chi connectivity index (χ1v) is 15.1. The van der Waals surface area contributed by atoms with Crippen molar-refractivity contribution < 1.29 is 14.6 Å². The summed E-state index contributed by atoms with van der Waals surface area (Å²) < 4.78 is 11.5. The van der Waals surface area contributed by atoms with Crippen molar-refractivity contribution in [2.45, 2.75) is 17.9 Å². The maximum absolute atomic E-state index is 13.2. The molecule has 0 bridgehead atoms. The number of anilines is 1. The van der Waals surface area contributed by atoms with Crippen LogP contribution in [0.1, 0.15) is 29.0 Å². The molecule has 2 atom stereocenters. The van der Waals surface area contributed by atoms with Gasteiger partial charge < -0.3 is 24.4 Å². The van der Waals surface area contributed by atoms with Crippen molar-refractivity contribution in [1.29, 1.82) is 0 Å². The number of nitrogens with zero attached hydrogens (tertiary/aromatic N) is 3. The zero-order chi connectivity index (χ0) is 29.6. The Morgan fingerprint density at radius 2 is 1.67 bits per heavy atom. The molecule has 7 rings (SSSR count). The van der Waals surface area contributed by atoms with Crippen LogP contribution in [-0.4, -0.2) is 69.0 Å². The SMILES string of the molecule is COc1nc2ccc(N3CC4(COC4)C3)cc2cc1[C@@H](c1ccccc1)[C@@](O)(CCN(C)C)c1cccc2ccccc12. The second-order valence-corrected chi connectivity index (χ2v) is 12.7. The molecule has 5 aromatic rings.